The van der Waals surface area contributed by atoms with Gasteiger partial charge >= 0.3 is 0 Å². The largest absolute Gasteiger partial charge is 0.492 e. The molecule has 82 valence electrons. The summed E-state index contributed by atoms with van der Waals surface area (Å²) < 4.78 is 18.0. The van der Waals surface area contributed by atoms with Crippen LogP contribution in [0.1, 0.15) is 6.92 Å². The Morgan fingerprint density at radius 3 is 2.87 bits per heavy atom. The molecule has 0 heterocycles. The number of hydrogen-bond acceptors (Lipinski definition) is 2. The highest BCUT2D eigenvalue weighted by Gasteiger charge is 2.01. The third kappa shape index (κ3) is 3.97. The maximum Gasteiger partial charge on any atom is 0.219 e. The standard InChI is InChI=1S/C11H14FNO2/c1-9(14)13(2)6-7-15-11-5-3-4-10(12)8-11/h3-5,8H,6-7H2,1-2H3. The first-order valence-corrected chi connectivity index (χ1v) is 4.69. The van der Waals surface area contributed by atoms with E-state index in [1.807, 2.05) is 0 Å². The normalized spacial score (nSPS) is 9.80. The lowest BCUT2D eigenvalue weighted by molar-refractivity contribution is -0.127. The van der Waals surface area contributed by atoms with Crippen molar-refractivity contribution in [2.45, 2.75) is 6.92 Å². The first-order chi connectivity index (χ1) is 7.09. The number of carbonyl (C=O) groups excluding carboxylic acids is 1. The molecule has 0 aliphatic carbocycles. The zero-order chi connectivity index (χ0) is 11.3. The van der Waals surface area contributed by atoms with Crippen molar-refractivity contribution in [2.75, 3.05) is 20.2 Å². The number of nitrogens with zero attached hydrogens (tertiary/aromatic N) is 1. The van der Waals surface area contributed by atoms with Crippen molar-refractivity contribution >= 4 is 5.91 Å². The van der Waals surface area contributed by atoms with E-state index in [-0.39, 0.29) is 11.7 Å². The van der Waals surface area contributed by atoms with Crippen molar-refractivity contribution in [3.8, 4) is 5.75 Å². The molecule has 1 rings (SSSR count). The fourth-order valence-electron chi connectivity index (χ4n) is 1.01. The average Bonchev–Trinajstić information content (AvgIpc) is 2.17. The molecule has 0 saturated carbocycles. The van der Waals surface area contributed by atoms with Crippen LogP contribution in [0, 0.1) is 5.82 Å². The molecule has 0 spiro atoms. The van der Waals surface area contributed by atoms with Gasteiger partial charge in [0.2, 0.25) is 5.91 Å². The average molecular weight is 211 g/mol. The predicted octanol–water partition coefficient (Wildman–Crippen LogP) is 1.68. The molecule has 0 atom stereocenters. The number of ether oxygens (including phenoxy) is 1. The number of hydrogen-bond donors (Lipinski definition) is 0. The molecule has 1 amide bonds. The van der Waals surface area contributed by atoms with E-state index in [0.717, 1.165) is 0 Å². The maximum absolute atomic E-state index is 12.7. The molecule has 0 aliphatic heterocycles. The fourth-order valence-corrected chi connectivity index (χ4v) is 1.01. The van der Waals surface area contributed by atoms with Crippen LogP contribution in [0.2, 0.25) is 0 Å². The smallest absolute Gasteiger partial charge is 0.219 e. The molecule has 3 nitrogen and oxygen atoms in total. The Morgan fingerprint density at radius 1 is 1.53 bits per heavy atom. The minimum atomic E-state index is -0.326. The highest BCUT2D eigenvalue weighted by atomic mass is 19.1. The Kier molecular flexibility index (Phi) is 4.09. The van der Waals surface area contributed by atoms with E-state index in [9.17, 15) is 9.18 Å². The molecule has 0 aliphatic rings. The van der Waals surface area contributed by atoms with E-state index in [1.165, 1.54) is 19.1 Å². The van der Waals surface area contributed by atoms with Gasteiger partial charge in [0, 0.05) is 20.0 Å². The Morgan fingerprint density at radius 2 is 2.27 bits per heavy atom. The molecular formula is C11H14FNO2. The van der Waals surface area contributed by atoms with Crippen molar-refractivity contribution < 1.29 is 13.9 Å². The Bertz CT molecular complexity index is 341. The minimum absolute atomic E-state index is 0.0159. The lowest BCUT2D eigenvalue weighted by Gasteiger charge is -2.14. The lowest BCUT2D eigenvalue weighted by Crippen LogP contribution is -2.28. The van der Waals surface area contributed by atoms with Crippen LogP contribution in [-0.2, 0) is 4.79 Å². The SMILES string of the molecule is CC(=O)N(C)CCOc1cccc(F)c1. The Balaban J connectivity index is 2.35. The van der Waals surface area contributed by atoms with E-state index >= 15 is 0 Å². The summed E-state index contributed by atoms with van der Waals surface area (Å²) in [5.74, 6) is 0.136. The van der Waals surface area contributed by atoms with Crippen molar-refractivity contribution in [3.05, 3.63) is 30.1 Å². The first-order valence-electron chi connectivity index (χ1n) is 4.69. The zero-order valence-electron chi connectivity index (χ0n) is 8.87. The summed E-state index contributed by atoms with van der Waals surface area (Å²) in [7, 11) is 1.69. The molecule has 0 unspecified atom stereocenters. The van der Waals surface area contributed by atoms with Gasteiger partial charge in [-0.1, -0.05) is 6.07 Å². The first kappa shape index (κ1) is 11.5. The second-order valence-corrected chi connectivity index (χ2v) is 3.25. The van der Waals surface area contributed by atoms with Gasteiger partial charge in [0.05, 0.1) is 6.54 Å². The van der Waals surface area contributed by atoms with Crippen LogP contribution in [0.15, 0.2) is 24.3 Å². The molecule has 0 aromatic heterocycles. The number of likely N-dealkylation sites (N-methyl/N-ethyl adjacent to an activating group) is 1. The van der Waals surface area contributed by atoms with Gasteiger partial charge in [0.1, 0.15) is 18.2 Å². The van der Waals surface area contributed by atoms with Gasteiger partial charge in [0.25, 0.3) is 0 Å². The molecule has 4 heteroatoms. The number of rotatable bonds is 4. The van der Waals surface area contributed by atoms with E-state index < -0.39 is 0 Å². The van der Waals surface area contributed by atoms with Crippen molar-refractivity contribution in [2.24, 2.45) is 0 Å². The maximum atomic E-state index is 12.7. The summed E-state index contributed by atoms with van der Waals surface area (Å²) in [4.78, 5) is 12.4. The second-order valence-electron chi connectivity index (χ2n) is 3.25. The highest BCUT2D eigenvalue weighted by Crippen LogP contribution is 2.11. The molecule has 1 aromatic rings. The fraction of sp³-hybridized carbons (Fsp3) is 0.364. The van der Waals surface area contributed by atoms with E-state index in [0.29, 0.717) is 18.9 Å². The summed E-state index contributed by atoms with van der Waals surface area (Å²) in [5.41, 5.74) is 0. The minimum Gasteiger partial charge on any atom is -0.492 e. The van der Waals surface area contributed by atoms with E-state index in [2.05, 4.69) is 0 Å². The molecule has 1 aromatic carbocycles. The van der Waals surface area contributed by atoms with Gasteiger partial charge in [-0.05, 0) is 12.1 Å². The number of carbonyl (C=O) groups is 1. The molecule has 0 N–H and O–H groups in total. The van der Waals surface area contributed by atoms with Crippen LogP contribution < -0.4 is 4.74 Å². The molecular weight excluding hydrogens is 197 g/mol. The molecule has 0 radical (unpaired) electrons. The third-order valence-electron chi connectivity index (χ3n) is 2.03. The zero-order valence-corrected chi connectivity index (χ0v) is 8.87. The highest BCUT2D eigenvalue weighted by molar-refractivity contribution is 5.72. The van der Waals surface area contributed by atoms with Crippen molar-refractivity contribution in [1.29, 1.82) is 0 Å². The summed E-state index contributed by atoms with van der Waals surface area (Å²) in [6, 6.07) is 5.93. The van der Waals surface area contributed by atoms with Gasteiger partial charge < -0.3 is 9.64 Å². The quantitative estimate of drug-likeness (QED) is 0.758. The Hall–Kier alpha value is -1.58. The third-order valence-corrected chi connectivity index (χ3v) is 2.03. The lowest BCUT2D eigenvalue weighted by atomic mass is 10.3. The van der Waals surface area contributed by atoms with Crippen LogP contribution in [0.25, 0.3) is 0 Å². The van der Waals surface area contributed by atoms with Gasteiger partial charge in [0.15, 0.2) is 0 Å². The summed E-state index contributed by atoms with van der Waals surface area (Å²) in [6.07, 6.45) is 0. The summed E-state index contributed by atoms with van der Waals surface area (Å²) >= 11 is 0. The van der Waals surface area contributed by atoms with Crippen LogP contribution in [-0.4, -0.2) is 31.0 Å². The number of amides is 1. The van der Waals surface area contributed by atoms with E-state index in [4.69, 9.17) is 4.74 Å². The van der Waals surface area contributed by atoms with Crippen LogP contribution in [0.5, 0.6) is 5.75 Å². The van der Waals surface area contributed by atoms with Crippen LogP contribution in [0.3, 0.4) is 0 Å². The van der Waals surface area contributed by atoms with E-state index in [1.54, 1.807) is 24.1 Å². The van der Waals surface area contributed by atoms with Gasteiger partial charge in [-0.15, -0.1) is 0 Å². The summed E-state index contributed by atoms with van der Waals surface area (Å²) in [6.45, 7) is 2.34. The van der Waals surface area contributed by atoms with Gasteiger partial charge in [-0.25, -0.2) is 4.39 Å². The second kappa shape index (κ2) is 5.34. The molecule has 15 heavy (non-hydrogen) atoms. The van der Waals surface area contributed by atoms with Crippen molar-refractivity contribution in [1.82, 2.24) is 4.90 Å². The van der Waals surface area contributed by atoms with Gasteiger partial charge in [-0.2, -0.15) is 0 Å². The van der Waals surface area contributed by atoms with Gasteiger partial charge in [-0.3, -0.25) is 4.79 Å². The number of halogens is 1. The van der Waals surface area contributed by atoms with Crippen LogP contribution >= 0.6 is 0 Å². The number of benzene rings is 1. The summed E-state index contributed by atoms with van der Waals surface area (Å²) in [5, 5.41) is 0. The van der Waals surface area contributed by atoms with Crippen molar-refractivity contribution in [3.63, 3.8) is 0 Å². The van der Waals surface area contributed by atoms with Crippen LogP contribution in [0.4, 0.5) is 4.39 Å². The molecule has 0 bridgehead atoms. The predicted molar refractivity (Wildman–Crippen MR) is 55.2 cm³/mol. The topological polar surface area (TPSA) is 29.5 Å². The molecule has 0 fully saturated rings. The monoisotopic (exact) mass is 211 g/mol. The Labute approximate surface area is 88.5 Å². The molecule has 0 saturated heterocycles.